The van der Waals surface area contributed by atoms with Crippen molar-refractivity contribution in [2.75, 3.05) is 12.5 Å². The lowest BCUT2D eigenvalue weighted by molar-refractivity contribution is 0.415. The molecule has 0 saturated carbocycles. The van der Waals surface area contributed by atoms with E-state index in [0.29, 0.717) is 16.2 Å². The zero-order valence-corrected chi connectivity index (χ0v) is 11.9. The van der Waals surface area contributed by atoms with Gasteiger partial charge >= 0.3 is 0 Å². The van der Waals surface area contributed by atoms with Gasteiger partial charge in [0.15, 0.2) is 11.5 Å². The van der Waals surface area contributed by atoms with Gasteiger partial charge in [0, 0.05) is 0 Å². The molecule has 0 spiro atoms. The maximum atomic E-state index is 5.10. The lowest BCUT2D eigenvalue weighted by atomic mass is 10.2. The number of H-pyrrole nitrogens is 2. The standard InChI is InChI=1S/C13H12N6OS/c1-20-9-4-2-8(3-5-9)6-16-19-12-10-11(15-7-14-10)17-13(21)18-12/h2-7H,1H3,(H3,14,15,17,18,19,21). The Morgan fingerprint density at radius 3 is 2.90 bits per heavy atom. The molecule has 0 fully saturated rings. The number of ether oxygens (including phenoxy) is 1. The van der Waals surface area contributed by atoms with Gasteiger partial charge in [0.1, 0.15) is 11.3 Å². The first kappa shape index (κ1) is 13.3. The second kappa shape index (κ2) is 5.71. The minimum Gasteiger partial charge on any atom is -0.497 e. The van der Waals surface area contributed by atoms with Crippen LogP contribution in [0.1, 0.15) is 5.56 Å². The molecule has 7 nitrogen and oxygen atoms in total. The minimum atomic E-state index is 0.344. The van der Waals surface area contributed by atoms with Crippen molar-refractivity contribution in [3.05, 3.63) is 40.9 Å². The fraction of sp³-hybridized carbons (Fsp3) is 0.0769. The number of nitrogens with zero attached hydrogens (tertiary/aromatic N) is 3. The molecule has 0 atom stereocenters. The predicted molar refractivity (Wildman–Crippen MR) is 83.3 cm³/mol. The molecule has 0 aliphatic carbocycles. The van der Waals surface area contributed by atoms with Crippen molar-refractivity contribution >= 4 is 35.4 Å². The number of imidazole rings is 1. The molecule has 0 aliphatic heterocycles. The van der Waals surface area contributed by atoms with E-state index in [2.05, 4.69) is 30.5 Å². The average Bonchev–Trinajstić information content (AvgIpc) is 2.96. The molecule has 1 aromatic carbocycles. The van der Waals surface area contributed by atoms with Gasteiger partial charge in [-0.2, -0.15) is 10.1 Å². The Labute approximate surface area is 125 Å². The van der Waals surface area contributed by atoms with Crippen molar-refractivity contribution in [1.82, 2.24) is 19.9 Å². The molecule has 2 aromatic heterocycles. The van der Waals surface area contributed by atoms with Crippen LogP contribution in [0.3, 0.4) is 0 Å². The number of nitrogens with one attached hydrogen (secondary N) is 3. The first-order valence-electron chi connectivity index (χ1n) is 6.13. The molecule has 21 heavy (non-hydrogen) atoms. The van der Waals surface area contributed by atoms with Crippen LogP contribution in [-0.4, -0.2) is 33.3 Å². The lowest BCUT2D eigenvalue weighted by Gasteiger charge is -2.02. The largest absolute Gasteiger partial charge is 0.497 e. The number of methoxy groups -OCH3 is 1. The van der Waals surface area contributed by atoms with Crippen LogP contribution in [0.5, 0.6) is 5.75 Å². The summed E-state index contributed by atoms with van der Waals surface area (Å²) in [6, 6.07) is 7.55. The van der Waals surface area contributed by atoms with Gasteiger partial charge in [-0.1, -0.05) is 0 Å². The maximum absolute atomic E-state index is 5.10. The fourth-order valence-corrected chi connectivity index (χ4v) is 1.98. The Balaban J connectivity index is 1.80. The van der Waals surface area contributed by atoms with Crippen LogP contribution < -0.4 is 10.2 Å². The van der Waals surface area contributed by atoms with Crippen LogP contribution in [-0.2, 0) is 0 Å². The summed E-state index contributed by atoms with van der Waals surface area (Å²) >= 11 is 5.04. The van der Waals surface area contributed by atoms with E-state index in [4.69, 9.17) is 17.0 Å². The van der Waals surface area contributed by atoms with Gasteiger partial charge in [0.25, 0.3) is 0 Å². The number of aromatic nitrogens is 4. The van der Waals surface area contributed by atoms with Gasteiger partial charge in [0.2, 0.25) is 4.77 Å². The number of aromatic amines is 2. The molecule has 3 aromatic rings. The first-order chi connectivity index (χ1) is 10.3. The number of rotatable bonds is 4. The van der Waals surface area contributed by atoms with Crippen LogP contribution >= 0.6 is 12.2 Å². The lowest BCUT2D eigenvalue weighted by Crippen LogP contribution is -1.97. The second-order valence-corrected chi connectivity index (χ2v) is 4.55. The van der Waals surface area contributed by atoms with Gasteiger partial charge < -0.3 is 14.7 Å². The molecule has 0 bridgehead atoms. The minimum absolute atomic E-state index is 0.344. The molecule has 106 valence electrons. The van der Waals surface area contributed by atoms with Crippen molar-refractivity contribution in [1.29, 1.82) is 0 Å². The number of hydrogen-bond donors (Lipinski definition) is 3. The Hall–Kier alpha value is -2.74. The Morgan fingerprint density at radius 1 is 1.33 bits per heavy atom. The third-order valence-corrected chi connectivity index (χ3v) is 3.01. The summed E-state index contributed by atoms with van der Waals surface area (Å²) in [7, 11) is 1.63. The monoisotopic (exact) mass is 300 g/mol. The fourth-order valence-electron chi connectivity index (χ4n) is 1.79. The van der Waals surface area contributed by atoms with Crippen molar-refractivity contribution in [2.24, 2.45) is 5.10 Å². The highest BCUT2D eigenvalue weighted by atomic mass is 32.1. The normalized spacial score (nSPS) is 11.1. The Bertz CT molecular complexity index is 836. The quantitative estimate of drug-likeness (QED) is 0.391. The van der Waals surface area contributed by atoms with E-state index in [9.17, 15) is 0 Å². The Kier molecular flexibility index (Phi) is 3.61. The highest BCUT2D eigenvalue weighted by molar-refractivity contribution is 7.71. The third-order valence-electron chi connectivity index (χ3n) is 2.81. The van der Waals surface area contributed by atoms with Gasteiger partial charge in [-0.25, -0.2) is 4.98 Å². The molecule has 3 rings (SSSR count). The average molecular weight is 300 g/mol. The first-order valence-corrected chi connectivity index (χ1v) is 6.53. The van der Waals surface area contributed by atoms with Crippen molar-refractivity contribution in [3.8, 4) is 5.75 Å². The molecule has 0 saturated heterocycles. The van der Waals surface area contributed by atoms with Gasteiger partial charge in [-0.3, -0.25) is 5.43 Å². The molecule has 8 heteroatoms. The highest BCUT2D eigenvalue weighted by Gasteiger charge is 2.04. The number of hydrogen-bond acceptors (Lipinski definition) is 6. The summed E-state index contributed by atoms with van der Waals surface area (Å²) in [5.41, 5.74) is 5.10. The van der Waals surface area contributed by atoms with Crippen LogP contribution in [0.25, 0.3) is 11.2 Å². The molecule has 3 N–H and O–H groups in total. The summed E-state index contributed by atoms with van der Waals surface area (Å²) in [6.07, 6.45) is 3.25. The SMILES string of the molecule is COc1ccc(C=NNc2[nH]c(=S)nc3nc[nH]c23)cc1. The van der Waals surface area contributed by atoms with Crippen LogP contribution in [0, 0.1) is 4.77 Å². The van der Waals surface area contributed by atoms with E-state index in [0.717, 1.165) is 16.8 Å². The number of hydrazone groups is 1. The van der Waals surface area contributed by atoms with Gasteiger partial charge in [-0.15, -0.1) is 0 Å². The molecular weight excluding hydrogens is 288 g/mol. The van der Waals surface area contributed by atoms with Crippen LogP contribution in [0.2, 0.25) is 0 Å². The summed E-state index contributed by atoms with van der Waals surface area (Å²) in [5.74, 6) is 1.42. The number of benzene rings is 1. The molecule has 0 radical (unpaired) electrons. The Morgan fingerprint density at radius 2 is 2.14 bits per heavy atom. The topological polar surface area (TPSA) is 91.0 Å². The molecule has 0 aliphatic rings. The molecular formula is C13H12N6OS. The van der Waals surface area contributed by atoms with Gasteiger partial charge in [-0.05, 0) is 42.0 Å². The van der Waals surface area contributed by atoms with E-state index in [-0.39, 0.29) is 0 Å². The zero-order chi connectivity index (χ0) is 14.7. The van der Waals surface area contributed by atoms with Crippen LogP contribution in [0.15, 0.2) is 35.7 Å². The zero-order valence-electron chi connectivity index (χ0n) is 11.1. The van der Waals surface area contributed by atoms with E-state index in [1.807, 2.05) is 24.3 Å². The second-order valence-electron chi connectivity index (χ2n) is 4.16. The van der Waals surface area contributed by atoms with Gasteiger partial charge in [0.05, 0.1) is 19.7 Å². The van der Waals surface area contributed by atoms with Crippen molar-refractivity contribution < 1.29 is 4.74 Å². The molecule has 2 heterocycles. The molecule has 0 unspecified atom stereocenters. The molecule has 0 amide bonds. The predicted octanol–water partition coefficient (Wildman–Crippen LogP) is 2.47. The number of anilines is 1. The van der Waals surface area contributed by atoms with Crippen LogP contribution in [0.4, 0.5) is 5.82 Å². The smallest absolute Gasteiger partial charge is 0.200 e. The van der Waals surface area contributed by atoms with E-state index >= 15 is 0 Å². The third kappa shape index (κ3) is 2.90. The van der Waals surface area contributed by atoms with Crippen molar-refractivity contribution in [2.45, 2.75) is 0 Å². The highest BCUT2D eigenvalue weighted by Crippen LogP contribution is 2.15. The van der Waals surface area contributed by atoms with E-state index in [1.54, 1.807) is 19.7 Å². The summed E-state index contributed by atoms with van der Waals surface area (Å²) in [5, 5.41) is 4.17. The van der Waals surface area contributed by atoms with E-state index < -0.39 is 0 Å². The maximum Gasteiger partial charge on any atom is 0.200 e. The summed E-state index contributed by atoms with van der Waals surface area (Å²) < 4.78 is 5.44. The van der Waals surface area contributed by atoms with Crippen molar-refractivity contribution in [3.63, 3.8) is 0 Å². The van der Waals surface area contributed by atoms with E-state index in [1.165, 1.54) is 0 Å². The summed E-state index contributed by atoms with van der Waals surface area (Å²) in [4.78, 5) is 14.1. The number of fused-ring (bicyclic) bond motifs is 1. The summed E-state index contributed by atoms with van der Waals surface area (Å²) in [6.45, 7) is 0.